The third-order valence-electron chi connectivity index (χ3n) is 5.31. The van der Waals surface area contributed by atoms with Gasteiger partial charge in [-0.3, -0.25) is 29.4 Å². The number of nitro benzene ring substituents is 1. The fourth-order valence-corrected chi connectivity index (χ4v) is 5.14. The maximum Gasteiger partial charge on any atom is 0.410 e. The molecule has 3 amide bonds. The van der Waals surface area contributed by atoms with Crippen LogP contribution in [0.3, 0.4) is 0 Å². The molecule has 2 N–H and O–H groups in total. The number of amides is 3. The number of benzene rings is 2. The van der Waals surface area contributed by atoms with E-state index in [0.717, 1.165) is 18.0 Å². The van der Waals surface area contributed by atoms with Gasteiger partial charge in [-0.2, -0.15) is 0 Å². The minimum Gasteiger partial charge on any atom is -0.445 e. The van der Waals surface area contributed by atoms with Crippen LogP contribution in [0.4, 0.5) is 16.2 Å². The van der Waals surface area contributed by atoms with Crippen molar-refractivity contribution < 1.29 is 37.3 Å². The first-order valence-corrected chi connectivity index (χ1v) is 13.9. The molecule has 38 heavy (non-hydrogen) atoms. The zero-order chi connectivity index (χ0) is 28.0. The molecule has 1 saturated heterocycles. The van der Waals surface area contributed by atoms with E-state index in [9.17, 15) is 37.7 Å². The number of hydrogen-bond donors (Lipinski definition) is 2. The van der Waals surface area contributed by atoms with Crippen molar-refractivity contribution in [2.75, 3.05) is 18.1 Å². The van der Waals surface area contributed by atoms with Gasteiger partial charge in [0, 0.05) is 42.1 Å². The van der Waals surface area contributed by atoms with Crippen molar-refractivity contribution >= 4 is 56.2 Å². The first kappa shape index (κ1) is 28.6. The third-order valence-corrected chi connectivity index (χ3v) is 6.88. The van der Waals surface area contributed by atoms with Crippen LogP contribution in [0.1, 0.15) is 29.3 Å². The van der Waals surface area contributed by atoms with Crippen LogP contribution >= 0.6 is 11.8 Å². The summed E-state index contributed by atoms with van der Waals surface area (Å²) < 4.78 is 29.8. The van der Waals surface area contributed by atoms with E-state index in [-0.39, 0.29) is 46.9 Å². The van der Waals surface area contributed by atoms with Crippen LogP contribution in [0.2, 0.25) is 0 Å². The Labute approximate surface area is 222 Å². The second-order valence-electron chi connectivity index (χ2n) is 8.39. The minimum absolute atomic E-state index is 0.0102. The smallest absolute Gasteiger partial charge is 0.410 e. The zero-order valence-corrected chi connectivity index (χ0v) is 21.9. The van der Waals surface area contributed by atoms with E-state index in [2.05, 4.69) is 5.32 Å². The van der Waals surface area contributed by atoms with E-state index < -0.39 is 38.9 Å². The Bertz CT molecular complexity index is 1360. The Balaban J connectivity index is 1.71. The summed E-state index contributed by atoms with van der Waals surface area (Å²) in [6, 6.07) is 10.0. The summed E-state index contributed by atoms with van der Waals surface area (Å²) in [5, 5.41) is 12.9. The van der Waals surface area contributed by atoms with Gasteiger partial charge in [-0.1, -0.05) is 17.8 Å². The summed E-state index contributed by atoms with van der Waals surface area (Å²) in [6.45, 7) is 1.25. The first-order valence-electron chi connectivity index (χ1n) is 11.1. The lowest BCUT2D eigenvalue weighted by Gasteiger charge is -2.23. The van der Waals surface area contributed by atoms with Gasteiger partial charge >= 0.3 is 6.09 Å². The Morgan fingerprint density at radius 3 is 2.45 bits per heavy atom. The summed E-state index contributed by atoms with van der Waals surface area (Å²) in [5.41, 5.74) is 0.573. The third kappa shape index (κ3) is 8.01. The number of hydrogen-bond acceptors (Lipinski definition) is 10. The highest BCUT2D eigenvalue weighted by molar-refractivity contribution is 8.14. The molecule has 0 aromatic heterocycles. The van der Waals surface area contributed by atoms with Crippen LogP contribution in [0.25, 0.3) is 0 Å². The van der Waals surface area contributed by atoms with Gasteiger partial charge in [-0.15, -0.1) is 0 Å². The summed E-state index contributed by atoms with van der Waals surface area (Å²) in [7, 11) is -3.79. The number of non-ortho nitro benzene ring substituents is 1. The van der Waals surface area contributed by atoms with Crippen molar-refractivity contribution in [1.29, 1.82) is 0 Å². The molecule has 0 saturated carbocycles. The Kier molecular flexibility index (Phi) is 9.06. The molecule has 15 heteroatoms. The molecular weight excluding hydrogens is 540 g/mol. The molecule has 0 radical (unpaired) electrons. The molecule has 13 nitrogen and oxygen atoms in total. The van der Waals surface area contributed by atoms with Crippen LogP contribution < -0.4 is 10.0 Å². The monoisotopic (exact) mass is 564 g/mol. The number of thioether (sulfide) groups is 1. The molecule has 2 aromatic rings. The molecule has 0 spiro atoms. The Morgan fingerprint density at radius 2 is 1.84 bits per heavy atom. The SMILES string of the molecule is CC(=O)S[C@H]1C[C@@H](C(=O)Nc2cccc(C(=O)NS(C)(=O)=O)c2)N(C(=O)OCc2ccc([N+](=O)[O-])cc2)C1. The number of anilines is 1. The molecule has 0 aliphatic carbocycles. The largest absolute Gasteiger partial charge is 0.445 e. The zero-order valence-electron chi connectivity index (χ0n) is 20.3. The lowest BCUT2D eigenvalue weighted by molar-refractivity contribution is -0.384. The van der Waals surface area contributed by atoms with Gasteiger partial charge in [0.05, 0.1) is 11.2 Å². The maximum absolute atomic E-state index is 13.1. The molecule has 3 rings (SSSR count). The molecule has 202 valence electrons. The molecule has 0 bridgehead atoms. The summed E-state index contributed by atoms with van der Waals surface area (Å²) in [5.74, 6) is -1.47. The summed E-state index contributed by atoms with van der Waals surface area (Å²) >= 11 is 0.999. The molecule has 2 aromatic carbocycles. The molecule has 1 aliphatic heterocycles. The van der Waals surface area contributed by atoms with Crippen LogP contribution in [-0.2, 0) is 31.0 Å². The van der Waals surface area contributed by atoms with Gasteiger partial charge in [0.15, 0.2) is 5.12 Å². The van der Waals surface area contributed by atoms with Gasteiger partial charge < -0.3 is 10.1 Å². The number of nitrogens with zero attached hydrogens (tertiary/aromatic N) is 2. The first-order chi connectivity index (χ1) is 17.8. The van der Waals surface area contributed by atoms with Gasteiger partial charge in [0.1, 0.15) is 12.6 Å². The predicted octanol–water partition coefficient (Wildman–Crippen LogP) is 2.28. The van der Waals surface area contributed by atoms with E-state index >= 15 is 0 Å². The maximum atomic E-state index is 13.1. The van der Waals surface area contributed by atoms with E-state index in [1.54, 1.807) is 0 Å². The number of carbonyl (C=O) groups excluding carboxylic acids is 4. The number of nitrogens with one attached hydrogen (secondary N) is 2. The van der Waals surface area contributed by atoms with Crippen molar-refractivity contribution in [2.24, 2.45) is 0 Å². The Hall–Kier alpha value is -3.98. The number of ether oxygens (including phenoxy) is 1. The molecule has 0 unspecified atom stereocenters. The topological polar surface area (TPSA) is 182 Å². The molecule has 1 aliphatic rings. The number of carbonyl (C=O) groups is 4. The minimum atomic E-state index is -3.79. The molecule has 2 atom stereocenters. The predicted molar refractivity (Wildman–Crippen MR) is 138 cm³/mol. The van der Waals surface area contributed by atoms with Crippen LogP contribution in [0, 0.1) is 10.1 Å². The number of rotatable bonds is 8. The fourth-order valence-electron chi connectivity index (χ4n) is 3.70. The van der Waals surface area contributed by atoms with E-state index in [0.29, 0.717) is 5.56 Å². The van der Waals surface area contributed by atoms with Crippen LogP contribution in [0.15, 0.2) is 48.5 Å². The van der Waals surface area contributed by atoms with E-state index in [4.69, 9.17) is 4.74 Å². The average molecular weight is 565 g/mol. The van der Waals surface area contributed by atoms with Crippen molar-refractivity contribution in [3.8, 4) is 0 Å². The highest BCUT2D eigenvalue weighted by Crippen LogP contribution is 2.30. The van der Waals surface area contributed by atoms with E-state index in [1.165, 1.54) is 60.4 Å². The Morgan fingerprint density at radius 1 is 1.16 bits per heavy atom. The summed E-state index contributed by atoms with van der Waals surface area (Å²) in [4.78, 5) is 61.2. The second kappa shape index (κ2) is 12.0. The van der Waals surface area contributed by atoms with Crippen molar-refractivity contribution in [3.63, 3.8) is 0 Å². The summed E-state index contributed by atoms with van der Waals surface area (Å²) in [6.07, 6.45) is 0.190. The van der Waals surface area contributed by atoms with Crippen molar-refractivity contribution in [1.82, 2.24) is 9.62 Å². The van der Waals surface area contributed by atoms with Gasteiger partial charge in [0.2, 0.25) is 15.9 Å². The van der Waals surface area contributed by atoms with E-state index in [1.807, 2.05) is 4.72 Å². The number of nitro groups is 1. The molecule has 1 heterocycles. The number of sulfonamides is 1. The van der Waals surface area contributed by atoms with Crippen LogP contribution in [0.5, 0.6) is 0 Å². The number of likely N-dealkylation sites (tertiary alicyclic amines) is 1. The normalized spacial score (nSPS) is 16.9. The van der Waals surface area contributed by atoms with Gasteiger partial charge in [-0.05, 0) is 42.3 Å². The lowest BCUT2D eigenvalue weighted by Crippen LogP contribution is -2.43. The quantitative estimate of drug-likeness (QED) is 0.356. The van der Waals surface area contributed by atoms with Crippen molar-refractivity contribution in [2.45, 2.75) is 31.2 Å². The standard InChI is InChI=1S/C23H24N4O9S2/c1-14(28)37-19-11-20(22(30)24-17-5-3-4-16(10-17)21(29)25-38(2,34)35)26(12-19)23(31)36-13-15-6-8-18(9-7-15)27(32)33/h3-10,19-20H,11-13H2,1-2H3,(H,24,30)(H,25,29)/t19-,20-/m0/s1. The van der Waals surface area contributed by atoms with Crippen molar-refractivity contribution in [3.05, 3.63) is 69.8 Å². The average Bonchev–Trinajstić information content (AvgIpc) is 3.25. The molecular formula is C23H24N4O9S2. The van der Waals surface area contributed by atoms with Gasteiger partial charge in [0.25, 0.3) is 11.6 Å². The molecule has 1 fully saturated rings. The lowest BCUT2D eigenvalue weighted by atomic mass is 10.1. The van der Waals surface area contributed by atoms with Crippen LogP contribution in [-0.4, -0.2) is 65.4 Å². The highest BCUT2D eigenvalue weighted by Gasteiger charge is 2.41. The second-order valence-corrected chi connectivity index (χ2v) is 11.6. The van der Waals surface area contributed by atoms with Gasteiger partial charge in [-0.25, -0.2) is 17.9 Å². The fraction of sp³-hybridized carbons (Fsp3) is 0.304. The highest BCUT2D eigenvalue weighted by atomic mass is 32.2.